The van der Waals surface area contributed by atoms with Crippen LogP contribution in [0, 0.1) is 6.92 Å². The Morgan fingerprint density at radius 3 is 2.57 bits per heavy atom. The number of nitrogens with zero attached hydrogens (tertiary/aromatic N) is 2. The van der Waals surface area contributed by atoms with Crippen LogP contribution in [0.25, 0.3) is 0 Å². The van der Waals surface area contributed by atoms with Crippen LogP contribution in [0.5, 0.6) is 5.75 Å². The maximum absolute atomic E-state index is 12.9. The fourth-order valence-corrected chi connectivity index (χ4v) is 3.74. The van der Waals surface area contributed by atoms with Crippen molar-refractivity contribution in [1.82, 2.24) is 20.7 Å². The van der Waals surface area contributed by atoms with Crippen LogP contribution in [0.1, 0.15) is 29.2 Å². The minimum Gasteiger partial charge on any atom is -0.497 e. The van der Waals surface area contributed by atoms with Gasteiger partial charge in [-0.15, -0.1) is 0 Å². The van der Waals surface area contributed by atoms with Crippen molar-refractivity contribution in [3.63, 3.8) is 0 Å². The molecule has 7 nitrogen and oxygen atoms in total. The molecule has 0 saturated carbocycles. The zero-order valence-electron chi connectivity index (χ0n) is 17.2. The van der Waals surface area contributed by atoms with Gasteiger partial charge >= 0.3 is 0 Å². The summed E-state index contributed by atoms with van der Waals surface area (Å²) >= 11 is 0. The number of hydrazine groups is 1. The van der Waals surface area contributed by atoms with Crippen molar-refractivity contribution in [1.29, 1.82) is 0 Å². The van der Waals surface area contributed by atoms with Gasteiger partial charge in [-0.2, -0.15) is 0 Å². The predicted octanol–water partition coefficient (Wildman–Crippen LogP) is 2.25. The molecule has 0 aromatic heterocycles. The highest BCUT2D eigenvalue weighted by Gasteiger charge is 2.40. The molecule has 0 bridgehead atoms. The first-order valence-electron chi connectivity index (χ1n) is 10.0. The van der Waals surface area contributed by atoms with E-state index in [2.05, 4.69) is 41.9 Å². The van der Waals surface area contributed by atoms with Gasteiger partial charge in [0.15, 0.2) is 0 Å². The molecule has 156 valence electrons. The molecule has 1 saturated heterocycles. The molecule has 2 heterocycles. The van der Waals surface area contributed by atoms with Gasteiger partial charge in [0, 0.05) is 18.9 Å². The van der Waals surface area contributed by atoms with Crippen LogP contribution in [0.15, 0.2) is 60.9 Å². The summed E-state index contributed by atoms with van der Waals surface area (Å²) in [4.78, 5) is 26.8. The van der Waals surface area contributed by atoms with E-state index in [0.717, 1.165) is 16.9 Å². The van der Waals surface area contributed by atoms with Gasteiger partial charge in [-0.25, -0.2) is 5.43 Å². The molecule has 2 amide bonds. The third-order valence-corrected chi connectivity index (χ3v) is 5.52. The monoisotopic (exact) mass is 406 g/mol. The van der Waals surface area contributed by atoms with Crippen molar-refractivity contribution in [3.05, 3.63) is 77.6 Å². The number of carbonyl (C=O) groups excluding carboxylic acids is 2. The van der Waals surface area contributed by atoms with E-state index in [-0.39, 0.29) is 30.4 Å². The maximum Gasteiger partial charge on any atom is 0.251 e. The van der Waals surface area contributed by atoms with Gasteiger partial charge in [0.25, 0.3) is 5.91 Å². The highest BCUT2D eigenvalue weighted by Crippen LogP contribution is 2.30. The van der Waals surface area contributed by atoms with Gasteiger partial charge in [-0.05, 0) is 36.6 Å². The largest absolute Gasteiger partial charge is 0.497 e. The summed E-state index contributed by atoms with van der Waals surface area (Å²) < 4.78 is 5.13. The lowest BCUT2D eigenvalue weighted by Gasteiger charge is -2.31. The van der Waals surface area contributed by atoms with Crippen molar-refractivity contribution in [2.24, 2.45) is 0 Å². The lowest BCUT2D eigenvalue weighted by atomic mass is 10.00. The number of methoxy groups -OCH3 is 1. The van der Waals surface area contributed by atoms with Gasteiger partial charge in [0.2, 0.25) is 5.91 Å². The average molecular weight is 406 g/mol. The summed E-state index contributed by atoms with van der Waals surface area (Å²) in [6.07, 6.45) is 4.16. The molecule has 4 rings (SSSR count). The Balaban J connectivity index is 1.32. The van der Waals surface area contributed by atoms with E-state index in [0.29, 0.717) is 13.0 Å². The highest BCUT2D eigenvalue weighted by atomic mass is 16.5. The lowest BCUT2D eigenvalue weighted by Crippen LogP contribution is -2.50. The third-order valence-electron chi connectivity index (χ3n) is 5.52. The summed E-state index contributed by atoms with van der Waals surface area (Å²) in [5, 5.41) is 4.71. The number of aryl methyl sites for hydroxylation is 1. The minimum absolute atomic E-state index is 0.00499. The van der Waals surface area contributed by atoms with Gasteiger partial charge in [0.05, 0.1) is 13.2 Å². The Bertz CT molecular complexity index is 940. The highest BCUT2D eigenvalue weighted by molar-refractivity contribution is 5.89. The molecular weight excluding hydrogens is 380 g/mol. The second kappa shape index (κ2) is 8.59. The van der Waals surface area contributed by atoms with Crippen LogP contribution >= 0.6 is 0 Å². The first kappa shape index (κ1) is 20.0. The van der Waals surface area contributed by atoms with E-state index in [1.54, 1.807) is 13.3 Å². The molecule has 0 aliphatic carbocycles. The third kappa shape index (κ3) is 4.31. The number of ether oxygens (including phenoxy) is 1. The standard InChI is InChI=1S/C23H26N4O3/c1-16-3-7-18(8-4-16)20-13-21-23(29)26(11-12-27(21)25-20)15-22(28)24-14-17-5-9-19(30-2)10-6-17/h3-12,20-21,25H,13-15H2,1-2H3,(H,24,28). The Hall–Kier alpha value is -3.32. The molecule has 2 aromatic carbocycles. The zero-order chi connectivity index (χ0) is 21.1. The fraction of sp³-hybridized carbons (Fsp3) is 0.304. The number of fused-ring (bicyclic) bond motifs is 1. The SMILES string of the molecule is COc1ccc(CNC(=O)CN2C=CN3NC(c4ccc(C)cc4)CC3C2=O)cc1. The fourth-order valence-electron chi connectivity index (χ4n) is 3.74. The number of rotatable bonds is 6. The molecule has 0 spiro atoms. The normalized spacial score (nSPS) is 20.3. The Morgan fingerprint density at radius 2 is 1.87 bits per heavy atom. The number of benzene rings is 2. The van der Waals surface area contributed by atoms with Crippen LogP contribution in [0.4, 0.5) is 0 Å². The molecular formula is C23H26N4O3. The summed E-state index contributed by atoms with van der Waals surface area (Å²) in [5.41, 5.74) is 6.70. The molecule has 2 aliphatic heterocycles. The molecule has 2 aliphatic rings. The zero-order valence-corrected chi connectivity index (χ0v) is 17.2. The molecule has 2 aromatic rings. The van der Waals surface area contributed by atoms with E-state index in [4.69, 9.17) is 4.74 Å². The van der Waals surface area contributed by atoms with E-state index < -0.39 is 0 Å². The van der Waals surface area contributed by atoms with Gasteiger partial charge < -0.3 is 20.0 Å². The second-order valence-electron chi connectivity index (χ2n) is 7.64. The van der Waals surface area contributed by atoms with Crippen LogP contribution in [-0.4, -0.2) is 41.4 Å². The molecule has 2 unspecified atom stereocenters. The van der Waals surface area contributed by atoms with Crippen molar-refractivity contribution >= 4 is 11.8 Å². The number of hydrogen-bond donors (Lipinski definition) is 2. The summed E-state index contributed by atoms with van der Waals surface area (Å²) in [7, 11) is 1.61. The van der Waals surface area contributed by atoms with Crippen molar-refractivity contribution in [2.75, 3.05) is 13.7 Å². The Kier molecular flexibility index (Phi) is 5.72. The molecule has 2 N–H and O–H groups in total. The van der Waals surface area contributed by atoms with E-state index >= 15 is 0 Å². The number of nitrogens with one attached hydrogen (secondary N) is 2. The topological polar surface area (TPSA) is 73.9 Å². The first-order valence-corrected chi connectivity index (χ1v) is 10.0. The van der Waals surface area contributed by atoms with Crippen LogP contribution < -0.4 is 15.5 Å². The van der Waals surface area contributed by atoms with Crippen LogP contribution in [-0.2, 0) is 16.1 Å². The summed E-state index contributed by atoms with van der Waals surface area (Å²) in [6.45, 7) is 2.46. The number of amides is 2. The molecule has 7 heteroatoms. The lowest BCUT2D eigenvalue weighted by molar-refractivity contribution is -0.138. The predicted molar refractivity (Wildman–Crippen MR) is 113 cm³/mol. The summed E-state index contributed by atoms with van der Waals surface area (Å²) in [5.74, 6) is 0.505. The summed E-state index contributed by atoms with van der Waals surface area (Å²) in [6, 6.07) is 15.6. The minimum atomic E-state index is -0.310. The average Bonchev–Trinajstić information content (AvgIpc) is 3.20. The second-order valence-corrected chi connectivity index (χ2v) is 7.64. The van der Waals surface area contributed by atoms with E-state index in [1.807, 2.05) is 35.5 Å². The van der Waals surface area contributed by atoms with Gasteiger partial charge in [-0.1, -0.05) is 42.0 Å². The van der Waals surface area contributed by atoms with Crippen molar-refractivity contribution in [3.8, 4) is 5.75 Å². The van der Waals surface area contributed by atoms with Crippen molar-refractivity contribution < 1.29 is 14.3 Å². The van der Waals surface area contributed by atoms with Gasteiger partial charge in [-0.3, -0.25) is 9.59 Å². The Labute approximate surface area is 176 Å². The van der Waals surface area contributed by atoms with E-state index in [1.165, 1.54) is 10.5 Å². The van der Waals surface area contributed by atoms with Crippen LogP contribution in [0.3, 0.4) is 0 Å². The first-order chi connectivity index (χ1) is 14.5. The smallest absolute Gasteiger partial charge is 0.251 e. The number of carbonyl (C=O) groups is 2. The maximum atomic E-state index is 12.9. The van der Waals surface area contributed by atoms with E-state index in [9.17, 15) is 9.59 Å². The molecule has 30 heavy (non-hydrogen) atoms. The molecule has 1 fully saturated rings. The molecule has 2 atom stereocenters. The van der Waals surface area contributed by atoms with Crippen LogP contribution in [0.2, 0.25) is 0 Å². The van der Waals surface area contributed by atoms with Gasteiger partial charge in [0.1, 0.15) is 18.3 Å². The van der Waals surface area contributed by atoms with Crippen molar-refractivity contribution in [2.45, 2.75) is 32.0 Å². The number of hydrogen-bond acceptors (Lipinski definition) is 5. The Morgan fingerprint density at radius 1 is 1.13 bits per heavy atom. The molecule has 0 radical (unpaired) electrons. The quantitative estimate of drug-likeness (QED) is 0.770.